The molecule has 0 amide bonds. The van der Waals surface area contributed by atoms with Gasteiger partial charge in [0.25, 0.3) is 0 Å². The molecular weight excluding hydrogens is 138 g/mol. The molecule has 0 spiro atoms. The van der Waals surface area contributed by atoms with Gasteiger partial charge in [-0.2, -0.15) is 0 Å². The molecule has 0 atom stereocenters. The summed E-state index contributed by atoms with van der Waals surface area (Å²) in [5.41, 5.74) is 0. The van der Waals surface area contributed by atoms with Gasteiger partial charge < -0.3 is 4.74 Å². The summed E-state index contributed by atoms with van der Waals surface area (Å²) in [6.45, 7) is 4.17. The van der Waals surface area contributed by atoms with Crippen LogP contribution in [0.3, 0.4) is 0 Å². The number of terminal acetylenes is 1. The molecule has 11 heavy (non-hydrogen) atoms. The number of hydrogen-bond donors (Lipinski definition) is 0. The van der Waals surface area contributed by atoms with Crippen LogP contribution in [0.15, 0.2) is 12.3 Å². The average molecular weight is 153 g/mol. The van der Waals surface area contributed by atoms with Crippen LogP contribution in [0, 0.1) is 12.3 Å². The highest BCUT2D eigenvalue weighted by Gasteiger charge is 1.92. The standard InChI is InChI=1S/C9H15NO/c1-4-6-10(3)7-9-11-8-5-2/h1,5,8H,6-7,9H2,2-3H3/b8-5+. The molecule has 0 saturated carbocycles. The van der Waals surface area contributed by atoms with Gasteiger partial charge in [-0.05, 0) is 14.0 Å². The molecule has 0 radical (unpaired) electrons. The lowest BCUT2D eigenvalue weighted by molar-refractivity contribution is 0.205. The van der Waals surface area contributed by atoms with Crippen LogP contribution in [0.5, 0.6) is 0 Å². The molecule has 0 aliphatic rings. The van der Waals surface area contributed by atoms with Crippen LogP contribution in [0.25, 0.3) is 0 Å². The van der Waals surface area contributed by atoms with Crippen molar-refractivity contribution in [2.45, 2.75) is 6.92 Å². The molecule has 2 heteroatoms. The van der Waals surface area contributed by atoms with E-state index in [-0.39, 0.29) is 0 Å². The number of likely N-dealkylation sites (N-methyl/N-ethyl adjacent to an activating group) is 1. The number of rotatable bonds is 5. The normalized spacial score (nSPS) is 10.4. The van der Waals surface area contributed by atoms with Crippen molar-refractivity contribution in [2.24, 2.45) is 0 Å². The number of allylic oxidation sites excluding steroid dienone is 1. The smallest absolute Gasteiger partial charge is 0.1000 e. The lowest BCUT2D eigenvalue weighted by atomic mass is 10.5. The van der Waals surface area contributed by atoms with E-state index in [1.165, 1.54) is 0 Å². The Morgan fingerprint density at radius 1 is 1.64 bits per heavy atom. The van der Waals surface area contributed by atoms with E-state index in [4.69, 9.17) is 11.2 Å². The summed E-state index contributed by atoms with van der Waals surface area (Å²) in [4.78, 5) is 2.03. The summed E-state index contributed by atoms with van der Waals surface area (Å²) in [5, 5.41) is 0. The number of hydrogen-bond acceptors (Lipinski definition) is 2. The maximum absolute atomic E-state index is 5.11. The first-order valence-corrected chi connectivity index (χ1v) is 3.66. The van der Waals surface area contributed by atoms with Crippen molar-refractivity contribution in [1.82, 2.24) is 4.90 Å². The highest BCUT2D eigenvalue weighted by Crippen LogP contribution is 1.82. The van der Waals surface area contributed by atoms with E-state index < -0.39 is 0 Å². The highest BCUT2D eigenvalue weighted by atomic mass is 16.5. The Bertz CT molecular complexity index is 146. The van der Waals surface area contributed by atoms with Crippen molar-refractivity contribution in [2.75, 3.05) is 26.7 Å². The lowest BCUT2D eigenvalue weighted by Crippen LogP contribution is -2.22. The fraction of sp³-hybridized carbons (Fsp3) is 0.556. The fourth-order valence-corrected chi connectivity index (χ4v) is 0.608. The lowest BCUT2D eigenvalue weighted by Gasteiger charge is -2.11. The molecule has 0 aliphatic heterocycles. The van der Waals surface area contributed by atoms with Crippen LogP contribution >= 0.6 is 0 Å². The SMILES string of the molecule is C#CCN(C)CCO/C=C/C. The van der Waals surface area contributed by atoms with Gasteiger partial charge in [0.1, 0.15) is 0 Å². The van der Waals surface area contributed by atoms with Crippen molar-refractivity contribution in [3.8, 4) is 12.3 Å². The minimum atomic E-state index is 0.680. The average Bonchev–Trinajstić information content (AvgIpc) is 1.99. The molecule has 0 N–H and O–H groups in total. The van der Waals surface area contributed by atoms with Gasteiger partial charge in [-0.1, -0.05) is 12.0 Å². The molecule has 0 heterocycles. The molecule has 0 aromatic carbocycles. The largest absolute Gasteiger partial charge is 0.500 e. The van der Waals surface area contributed by atoms with Gasteiger partial charge in [0.15, 0.2) is 0 Å². The summed E-state index contributed by atoms with van der Waals surface area (Å²) in [6, 6.07) is 0. The summed E-state index contributed by atoms with van der Waals surface area (Å²) >= 11 is 0. The summed E-state index contributed by atoms with van der Waals surface area (Å²) in [5.74, 6) is 2.56. The topological polar surface area (TPSA) is 12.5 Å². The Labute approximate surface area is 68.8 Å². The van der Waals surface area contributed by atoms with Crippen molar-refractivity contribution in [3.05, 3.63) is 12.3 Å². The Morgan fingerprint density at radius 2 is 2.36 bits per heavy atom. The predicted molar refractivity (Wildman–Crippen MR) is 47.1 cm³/mol. The third-order valence-electron chi connectivity index (χ3n) is 1.18. The first kappa shape index (κ1) is 10.1. The quantitative estimate of drug-likeness (QED) is 0.333. The second kappa shape index (κ2) is 7.17. The molecule has 0 fully saturated rings. The first-order valence-electron chi connectivity index (χ1n) is 3.66. The van der Waals surface area contributed by atoms with Crippen LogP contribution in [-0.2, 0) is 4.74 Å². The Kier molecular flexibility index (Phi) is 6.56. The molecule has 0 bridgehead atoms. The van der Waals surface area contributed by atoms with E-state index in [0.717, 1.165) is 6.54 Å². The van der Waals surface area contributed by atoms with E-state index >= 15 is 0 Å². The molecule has 0 saturated heterocycles. The van der Waals surface area contributed by atoms with Crippen molar-refractivity contribution >= 4 is 0 Å². The maximum Gasteiger partial charge on any atom is 0.1000 e. The molecule has 2 nitrogen and oxygen atoms in total. The summed E-state index contributed by atoms with van der Waals surface area (Å²) in [6.07, 6.45) is 8.66. The third-order valence-corrected chi connectivity index (χ3v) is 1.18. The van der Waals surface area contributed by atoms with Gasteiger partial charge in [0.2, 0.25) is 0 Å². The van der Waals surface area contributed by atoms with Gasteiger partial charge in [0, 0.05) is 6.54 Å². The van der Waals surface area contributed by atoms with E-state index in [1.54, 1.807) is 6.26 Å². The van der Waals surface area contributed by atoms with Gasteiger partial charge in [-0.15, -0.1) is 6.42 Å². The third kappa shape index (κ3) is 6.95. The minimum Gasteiger partial charge on any atom is -0.500 e. The zero-order valence-corrected chi connectivity index (χ0v) is 7.21. The Morgan fingerprint density at radius 3 is 2.91 bits per heavy atom. The van der Waals surface area contributed by atoms with Crippen LogP contribution in [0.1, 0.15) is 6.92 Å². The predicted octanol–water partition coefficient (Wildman–Crippen LogP) is 1.10. The Hall–Kier alpha value is -0.940. The second-order valence-corrected chi connectivity index (χ2v) is 2.28. The van der Waals surface area contributed by atoms with Gasteiger partial charge in [-0.3, -0.25) is 4.90 Å². The second-order valence-electron chi connectivity index (χ2n) is 2.28. The zero-order valence-electron chi connectivity index (χ0n) is 7.21. The number of nitrogens with zero attached hydrogens (tertiary/aromatic N) is 1. The molecule has 0 unspecified atom stereocenters. The molecule has 0 aliphatic carbocycles. The van der Waals surface area contributed by atoms with E-state index in [1.807, 2.05) is 24.9 Å². The summed E-state index contributed by atoms with van der Waals surface area (Å²) in [7, 11) is 1.97. The Balaban J connectivity index is 3.18. The molecule has 62 valence electrons. The minimum absolute atomic E-state index is 0.680. The monoisotopic (exact) mass is 153 g/mol. The van der Waals surface area contributed by atoms with Gasteiger partial charge in [0.05, 0.1) is 19.4 Å². The highest BCUT2D eigenvalue weighted by molar-refractivity contribution is 4.87. The van der Waals surface area contributed by atoms with Gasteiger partial charge in [-0.25, -0.2) is 0 Å². The van der Waals surface area contributed by atoms with Crippen LogP contribution in [-0.4, -0.2) is 31.6 Å². The molecular formula is C9H15NO. The number of ether oxygens (including phenoxy) is 1. The van der Waals surface area contributed by atoms with Crippen molar-refractivity contribution in [1.29, 1.82) is 0 Å². The maximum atomic E-state index is 5.11. The van der Waals surface area contributed by atoms with E-state index in [2.05, 4.69) is 5.92 Å². The van der Waals surface area contributed by atoms with Crippen LogP contribution < -0.4 is 0 Å². The molecule has 0 aromatic rings. The van der Waals surface area contributed by atoms with Crippen molar-refractivity contribution < 1.29 is 4.74 Å². The fourth-order valence-electron chi connectivity index (χ4n) is 0.608. The molecule has 0 rings (SSSR count). The van der Waals surface area contributed by atoms with Crippen LogP contribution in [0.2, 0.25) is 0 Å². The summed E-state index contributed by atoms with van der Waals surface area (Å²) < 4.78 is 5.11. The molecule has 0 aromatic heterocycles. The van der Waals surface area contributed by atoms with Crippen LogP contribution in [0.4, 0.5) is 0 Å². The van der Waals surface area contributed by atoms with E-state index in [9.17, 15) is 0 Å². The van der Waals surface area contributed by atoms with E-state index in [0.29, 0.717) is 13.2 Å². The van der Waals surface area contributed by atoms with Gasteiger partial charge >= 0.3 is 0 Å². The zero-order chi connectivity index (χ0) is 8.53. The van der Waals surface area contributed by atoms with Crippen molar-refractivity contribution in [3.63, 3.8) is 0 Å². The first-order chi connectivity index (χ1) is 5.31.